The summed E-state index contributed by atoms with van der Waals surface area (Å²) in [5.41, 5.74) is 0.930. The van der Waals surface area contributed by atoms with Crippen LogP contribution in [-0.2, 0) is 25.4 Å². The molecule has 8 heteroatoms. The molecule has 0 radical (unpaired) electrons. The van der Waals surface area contributed by atoms with Crippen LogP contribution in [0.1, 0.15) is 50.9 Å². The molecule has 2 heterocycles. The normalized spacial score (nSPS) is 14.2. The van der Waals surface area contributed by atoms with E-state index in [2.05, 4.69) is 15.3 Å². The fraction of sp³-hybridized carbons (Fsp3) is 0.471. The van der Waals surface area contributed by atoms with Gasteiger partial charge >= 0.3 is 6.18 Å². The Labute approximate surface area is 147 Å². The standard InChI is InChI=1S/C17H18F3N3OS/c1-10-8-13(25-9-10)16(24)21-7-6-14-22-12-5-3-2-4-11(12)15(23-14)17(18,19)20/h8-9H,2-7H2,1H3,(H,21,24). The molecule has 1 aliphatic carbocycles. The highest BCUT2D eigenvalue weighted by Gasteiger charge is 2.37. The van der Waals surface area contributed by atoms with Gasteiger partial charge in [0.2, 0.25) is 0 Å². The molecule has 0 spiro atoms. The third-order valence-corrected chi connectivity index (χ3v) is 5.13. The monoisotopic (exact) mass is 369 g/mol. The Balaban J connectivity index is 1.71. The Morgan fingerprint density at radius 1 is 1.28 bits per heavy atom. The molecule has 134 valence electrons. The fourth-order valence-corrected chi connectivity index (χ4v) is 3.73. The minimum atomic E-state index is -4.48. The first-order valence-electron chi connectivity index (χ1n) is 8.14. The number of amides is 1. The number of alkyl halides is 3. The number of thiophene rings is 1. The number of halogens is 3. The topological polar surface area (TPSA) is 54.9 Å². The minimum absolute atomic E-state index is 0.135. The Morgan fingerprint density at radius 3 is 2.72 bits per heavy atom. The summed E-state index contributed by atoms with van der Waals surface area (Å²) in [5.74, 6) is -0.0947. The average molecular weight is 369 g/mol. The van der Waals surface area contributed by atoms with E-state index in [0.29, 0.717) is 23.4 Å². The van der Waals surface area contributed by atoms with Gasteiger partial charge < -0.3 is 5.32 Å². The second-order valence-electron chi connectivity index (χ2n) is 6.11. The van der Waals surface area contributed by atoms with Crippen molar-refractivity contribution in [1.29, 1.82) is 0 Å². The van der Waals surface area contributed by atoms with Gasteiger partial charge in [0.1, 0.15) is 5.82 Å². The van der Waals surface area contributed by atoms with Gasteiger partial charge in [-0.05, 0) is 49.6 Å². The Hall–Kier alpha value is -1.96. The lowest BCUT2D eigenvalue weighted by atomic mass is 9.94. The van der Waals surface area contributed by atoms with Gasteiger partial charge in [-0.3, -0.25) is 4.79 Å². The van der Waals surface area contributed by atoms with Crippen LogP contribution < -0.4 is 5.32 Å². The summed E-state index contributed by atoms with van der Waals surface area (Å²) in [6.07, 6.45) is -1.80. The van der Waals surface area contributed by atoms with Gasteiger partial charge in [0, 0.05) is 24.2 Å². The molecule has 1 amide bonds. The molecule has 0 aliphatic heterocycles. The predicted octanol–water partition coefficient (Wildman–Crippen LogP) is 3.72. The van der Waals surface area contributed by atoms with Crippen LogP contribution >= 0.6 is 11.3 Å². The minimum Gasteiger partial charge on any atom is -0.351 e. The van der Waals surface area contributed by atoms with E-state index in [4.69, 9.17) is 0 Å². The average Bonchev–Trinajstić information content (AvgIpc) is 3.00. The molecular weight excluding hydrogens is 351 g/mol. The molecule has 0 fully saturated rings. The summed E-state index contributed by atoms with van der Waals surface area (Å²) in [7, 11) is 0. The molecule has 4 nitrogen and oxygen atoms in total. The molecular formula is C17H18F3N3OS. The molecule has 2 aromatic heterocycles. The van der Waals surface area contributed by atoms with E-state index >= 15 is 0 Å². The van der Waals surface area contributed by atoms with Crippen molar-refractivity contribution in [3.63, 3.8) is 0 Å². The van der Waals surface area contributed by atoms with E-state index in [-0.39, 0.29) is 30.3 Å². The van der Waals surface area contributed by atoms with Gasteiger partial charge in [-0.15, -0.1) is 11.3 Å². The highest BCUT2D eigenvalue weighted by Crippen LogP contribution is 2.34. The third kappa shape index (κ3) is 4.18. The number of hydrogen-bond donors (Lipinski definition) is 1. The van der Waals surface area contributed by atoms with E-state index in [9.17, 15) is 18.0 Å². The number of hydrogen-bond acceptors (Lipinski definition) is 4. The number of carbonyl (C=O) groups is 1. The molecule has 2 aromatic rings. The van der Waals surface area contributed by atoms with Crippen molar-refractivity contribution in [2.75, 3.05) is 6.54 Å². The Kier molecular flexibility index (Phi) is 5.08. The van der Waals surface area contributed by atoms with Crippen molar-refractivity contribution >= 4 is 17.2 Å². The molecule has 1 aliphatic rings. The molecule has 25 heavy (non-hydrogen) atoms. The number of nitrogens with one attached hydrogen (secondary N) is 1. The summed E-state index contributed by atoms with van der Waals surface area (Å²) in [5, 5.41) is 4.58. The van der Waals surface area contributed by atoms with Crippen molar-refractivity contribution in [2.24, 2.45) is 0 Å². The van der Waals surface area contributed by atoms with Crippen molar-refractivity contribution in [3.8, 4) is 0 Å². The van der Waals surface area contributed by atoms with E-state index in [1.807, 2.05) is 12.3 Å². The number of aromatic nitrogens is 2. The summed E-state index contributed by atoms with van der Waals surface area (Å²) < 4.78 is 39.8. The second kappa shape index (κ2) is 7.11. The zero-order valence-electron chi connectivity index (χ0n) is 13.7. The Bertz CT molecular complexity index is 786. The van der Waals surface area contributed by atoms with Crippen LogP contribution in [0.15, 0.2) is 11.4 Å². The number of rotatable bonds is 4. The number of carbonyl (C=O) groups excluding carboxylic acids is 1. The molecule has 0 saturated carbocycles. The summed E-state index contributed by atoms with van der Waals surface area (Å²) in [6.45, 7) is 2.10. The SMILES string of the molecule is Cc1csc(C(=O)NCCc2nc3c(c(C(F)(F)F)n2)CCCC3)c1. The van der Waals surface area contributed by atoms with Gasteiger partial charge in [-0.1, -0.05) is 0 Å². The molecule has 0 bridgehead atoms. The maximum absolute atomic E-state index is 13.3. The van der Waals surface area contributed by atoms with Gasteiger partial charge in [0.15, 0.2) is 5.69 Å². The van der Waals surface area contributed by atoms with Gasteiger partial charge in [-0.2, -0.15) is 13.2 Å². The molecule has 1 N–H and O–H groups in total. The van der Waals surface area contributed by atoms with Crippen molar-refractivity contribution in [3.05, 3.63) is 44.7 Å². The smallest absolute Gasteiger partial charge is 0.351 e. The van der Waals surface area contributed by atoms with Crippen LogP contribution in [0.25, 0.3) is 0 Å². The van der Waals surface area contributed by atoms with Crippen LogP contribution in [0.4, 0.5) is 13.2 Å². The first-order valence-corrected chi connectivity index (χ1v) is 9.02. The molecule has 3 rings (SSSR count). The Morgan fingerprint density at radius 2 is 2.04 bits per heavy atom. The first kappa shape index (κ1) is 17.8. The zero-order chi connectivity index (χ0) is 18.0. The van der Waals surface area contributed by atoms with Gasteiger partial charge in [-0.25, -0.2) is 9.97 Å². The number of fused-ring (bicyclic) bond motifs is 1. The highest BCUT2D eigenvalue weighted by atomic mass is 32.1. The van der Waals surface area contributed by atoms with Crippen molar-refractivity contribution < 1.29 is 18.0 Å². The lowest BCUT2D eigenvalue weighted by molar-refractivity contribution is -0.142. The van der Waals surface area contributed by atoms with Crippen molar-refractivity contribution in [2.45, 2.75) is 45.2 Å². The fourth-order valence-electron chi connectivity index (χ4n) is 2.92. The molecule has 0 aromatic carbocycles. The van der Waals surface area contributed by atoms with Crippen molar-refractivity contribution in [1.82, 2.24) is 15.3 Å². The van der Waals surface area contributed by atoms with Gasteiger partial charge in [0.25, 0.3) is 5.91 Å². The first-order chi connectivity index (χ1) is 11.8. The lowest BCUT2D eigenvalue weighted by Gasteiger charge is -2.20. The van der Waals surface area contributed by atoms with Crippen LogP contribution in [0, 0.1) is 6.92 Å². The van der Waals surface area contributed by atoms with Crippen LogP contribution in [0.2, 0.25) is 0 Å². The quantitative estimate of drug-likeness (QED) is 0.894. The van der Waals surface area contributed by atoms with Crippen LogP contribution in [-0.4, -0.2) is 22.4 Å². The number of nitrogens with zero attached hydrogens (tertiary/aromatic N) is 2. The van der Waals surface area contributed by atoms with E-state index in [1.165, 1.54) is 11.3 Å². The number of aryl methyl sites for hydroxylation is 2. The van der Waals surface area contributed by atoms with Crippen LogP contribution in [0.3, 0.4) is 0 Å². The molecule has 0 atom stereocenters. The largest absolute Gasteiger partial charge is 0.433 e. The predicted molar refractivity (Wildman–Crippen MR) is 88.8 cm³/mol. The molecule has 0 unspecified atom stereocenters. The third-order valence-electron chi connectivity index (χ3n) is 4.09. The summed E-state index contributed by atoms with van der Waals surface area (Å²) >= 11 is 1.34. The summed E-state index contributed by atoms with van der Waals surface area (Å²) in [4.78, 5) is 20.6. The molecule has 0 saturated heterocycles. The van der Waals surface area contributed by atoms with E-state index in [0.717, 1.165) is 18.4 Å². The van der Waals surface area contributed by atoms with E-state index < -0.39 is 11.9 Å². The highest BCUT2D eigenvalue weighted by molar-refractivity contribution is 7.12. The second-order valence-corrected chi connectivity index (χ2v) is 7.02. The van der Waals surface area contributed by atoms with Gasteiger partial charge in [0.05, 0.1) is 4.88 Å². The zero-order valence-corrected chi connectivity index (χ0v) is 14.6. The lowest BCUT2D eigenvalue weighted by Crippen LogP contribution is -2.26. The van der Waals surface area contributed by atoms with Crippen LogP contribution in [0.5, 0.6) is 0 Å². The van der Waals surface area contributed by atoms with E-state index in [1.54, 1.807) is 6.07 Å². The maximum Gasteiger partial charge on any atom is 0.433 e. The maximum atomic E-state index is 13.3. The summed E-state index contributed by atoms with van der Waals surface area (Å²) in [6, 6.07) is 1.77.